The van der Waals surface area contributed by atoms with Crippen molar-refractivity contribution in [2.75, 3.05) is 13.7 Å². The molecule has 4 nitrogen and oxygen atoms in total. The van der Waals surface area contributed by atoms with Gasteiger partial charge >= 0.3 is 0 Å². The molecule has 0 aliphatic carbocycles. The molecule has 28 heavy (non-hydrogen) atoms. The largest absolute Gasteiger partial charge is 0.494 e. The van der Waals surface area contributed by atoms with Crippen LogP contribution < -0.4 is 4.74 Å². The van der Waals surface area contributed by atoms with E-state index in [1.165, 1.54) is 11.8 Å². The molecule has 1 amide bonds. The van der Waals surface area contributed by atoms with Crippen LogP contribution in [0.15, 0.2) is 49.2 Å². The SMILES string of the molecule is CCN1C(=O)/C(=C\c2cc(Br)c(OC)c(Br)c2)SC1=Nc1c(C)cccc1C. The molecule has 0 bridgehead atoms. The van der Waals surface area contributed by atoms with Crippen LogP contribution in [0.3, 0.4) is 0 Å². The first-order valence-corrected chi connectivity index (χ1v) is 11.1. The number of methoxy groups -OCH3 is 1. The van der Waals surface area contributed by atoms with Crippen molar-refractivity contribution < 1.29 is 9.53 Å². The molecule has 0 saturated carbocycles. The topological polar surface area (TPSA) is 41.9 Å². The van der Waals surface area contributed by atoms with E-state index in [4.69, 9.17) is 9.73 Å². The van der Waals surface area contributed by atoms with Gasteiger partial charge in [-0.25, -0.2) is 4.99 Å². The summed E-state index contributed by atoms with van der Waals surface area (Å²) in [5, 5.41) is 0.711. The number of benzene rings is 2. The van der Waals surface area contributed by atoms with E-state index in [2.05, 4.69) is 31.9 Å². The number of aryl methyl sites for hydroxylation is 2. The minimum Gasteiger partial charge on any atom is -0.494 e. The van der Waals surface area contributed by atoms with Gasteiger partial charge in [-0.2, -0.15) is 0 Å². The van der Waals surface area contributed by atoms with Gasteiger partial charge in [0.05, 0.1) is 26.6 Å². The van der Waals surface area contributed by atoms with E-state index in [-0.39, 0.29) is 5.91 Å². The molecule has 146 valence electrons. The van der Waals surface area contributed by atoms with E-state index < -0.39 is 0 Å². The standard InChI is InChI=1S/C21H20Br2N2O2S/c1-5-25-20(26)17(11-14-9-15(22)19(27-4)16(23)10-14)28-21(25)24-18-12(2)7-6-8-13(18)3/h6-11H,5H2,1-4H3/b17-11+,24-21?. The second-order valence-corrected chi connectivity index (χ2v) is 9.03. The number of amides is 1. The quantitative estimate of drug-likeness (QED) is 0.432. The summed E-state index contributed by atoms with van der Waals surface area (Å²) in [5.41, 5.74) is 4.02. The average molecular weight is 524 g/mol. The molecule has 0 N–H and O–H groups in total. The lowest BCUT2D eigenvalue weighted by Crippen LogP contribution is -2.28. The number of hydrogen-bond acceptors (Lipinski definition) is 4. The lowest BCUT2D eigenvalue weighted by atomic mass is 10.1. The molecule has 2 aromatic rings. The Hall–Kier alpha value is -1.57. The Morgan fingerprint density at radius 2 is 1.79 bits per heavy atom. The highest BCUT2D eigenvalue weighted by Crippen LogP contribution is 2.38. The summed E-state index contributed by atoms with van der Waals surface area (Å²) in [6, 6.07) is 9.95. The Balaban J connectivity index is 2.00. The maximum atomic E-state index is 12.9. The Labute approximate surface area is 186 Å². The molecule has 1 fully saturated rings. The number of aliphatic imine (C=N–C) groups is 1. The molecule has 0 unspecified atom stereocenters. The van der Waals surface area contributed by atoms with E-state index in [0.29, 0.717) is 16.6 Å². The van der Waals surface area contributed by atoms with E-state index in [1.807, 2.05) is 57.2 Å². The molecule has 1 aliphatic rings. The van der Waals surface area contributed by atoms with Crippen molar-refractivity contribution in [3.63, 3.8) is 0 Å². The van der Waals surface area contributed by atoms with Crippen LogP contribution >= 0.6 is 43.6 Å². The summed E-state index contributed by atoms with van der Waals surface area (Å²) in [6.45, 7) is 6.60. The van der Waals surface area contributed by atoms with Crippen molar-refractivity contribution in [1.29, 1.82) is 0 Å². The van der Waals surface area contributed by atoms with Gasteiger partial charge in [-0.1, -0.05) is 18.2 Å². The molecule has 1 heterocycles. The lowest BCUT2D eigenvalue weighted by molar-refractivity contribution is -0.122. The minimum absolute atomic E-state index is 0.0273. The first-order chi connectivity index (χ1) is 13.3. The molecule has 2 aromatic carbocycles. The number of halogens is 2. The van der Waals surface area contributed by atoms with Gasteiger partial charge in [0, 0.05) is 6.54 Å². The van der Waals surface area contributed by atoms with Crippen molar-refractivity contribution in [3.05, 3.63) is 60.9 Å². The average Bonchev–Trinajstić information content (AvgIpc) is 2.92. The van der Waals surface area contributed by atoms with Crippen LogP contribution in [0.2, 0.25) is 0 Å². The molecule has 1 saturated heterocycles. The van der Waals surface area contributed by atoms with Gasteiger partial charge in [0.1, 0.15) is 5.75 Å². The van der Waals surface area contributed by atoms with E-state index in [1.54, 1.807) is 12.0 Å². The molecule has 3 rings (SSSR count). The van der Waals surface area contributed by atoms with Gasteiger partial charge in [-0.05, 0) is 99.3 Å². The summed E-state index contributed by atoms with van der Waals surface area (Å²) in [5.74, 6) is 0.695. The fourth-order valence-electron chi connectivity index (χ4n) is 2.96. The number of ether oxygens (including phenoxy) is 1. The van der Waals surface area contributed by atoms with Gasteiger partial charge < -0.3 is 4.74 Å². The second-order valence-electron chi connectivity index (χ2n) is 6.31. The number of carbonyl (C=O) groups excluding carboxylic acids is 1. The van der Waals surface area contributed by atoms with Crippen molar-refractivity contribution >= 4 is 66.5 Å². The number of likely N-dealkylation sites (N-methyl/N-ethyl adjacent to an activating group) is 1. The highest BCUT2D eigenvalue weighted by molar-refractivity contribution is 9.11. The first-order valence-electron chi connectivity index (χ1n) is 8.75. The Kier molecular flexibility index (Phi) is 6.68. The number of carbonyl (C=O) groups is 1. The van der Waals surface area contributed by atoms with Gasteiger partial charge in [-0.3, -0.25) is 9.69 Å². The maximum absolute atomic E-state index is 12.9. The van der Waals surface area contributed by atoms with Crippen LogP contribution in [-0.4, -0.2) is 29.6 Å². The Morgan fingerprint density at radius 1 is 1.18 bits per heavy atom. The monoisotopic (exact) mass is 522 g/mol. The summed E-state index contributed by atoms with van der Waals surface area (Å²) < 4.78 is 6.99. The summed E-state index contributed by atoms with van der Waals surface area (Å²) in [4.78, 5) is 20.1. The fraction of sp³-hybridized carbons (Fsp3) is 0.238. The molecular formula is C21H20Br2N2O2S. The minimum atomic E-state index is -0.0273. The molecule has 0 spiro atoms. The van der Waals surface area contributed by atoms with Crippen LogP contribution in [0.25, 0.3) is 6.08 Å². The number of nitrogens with zero attached hydrogens (tertiary/aromatic N) is 2. The summed E-state index contributed by atoms with van der Waals surface area (Å²) in [6.07, 6.45) is 1.89. The lowest BCUT2D eigenvalue weighted by Gasteiger charge is -2.13. The Bertz CT molecular complexity index is 959. The van der Waals surface area contributed by atoms with Crippen molar-refractivity contribution in [3.8, 4) is 5.75 Å². The third-order valence-corrected chi connectivity index (χ3v) is 6.56. The van der Waals surface area contributed by atoms with E-state index in [0.717, 1.165) is 37.1 Å². The van der Waals surface area contributed by atoms with Gasteiger partial charge in [0.25, 0.3) is 5.91 Å². The number of para-hydroxylation sites is 1. The predicted octanol–water partition coefficient (Wildman–Crippen LogP) is 6.46. The summed E-state index contributed by atoms with van der Waals surface area (Å²) >= 11 is 8.43. The molecular weight excluding hydrogens is 504 g/mol. The molecule has 0 atom stereocenters. The number of thioether (sulfide) groups is 1. The van der Waals surface area contributed by atoms with Gasteiger partial charge in [0.2, 0.25) is 0 Å². The number of hydrogen-bond donors (Lipinski definition) is 0. The van der Waals surface area contributed by atoms with Gasteiger partial charge in [-0.15, -0.1) is 0 Å². The predicted molar refractivity (Wildman–Crippen MR) is 124 cm³/mol. The third kappa shape index (κ3) is 4.21. The second kappa shape index (κ2) is 8.84. The van der Waals surface area contributed by atoms with Crippen LogP contribution in [0, 0.1) is 13.8 Å². The smallest absolute Gasteiger partial charge is 0.266 e. The zero-order chi connectivity index (χ0) is 20.4. The number of amidine groups is 1. The van der Waals surface area contributed by atoms with E-state index >= 15 is 0 Å². The molecule has 0 radical (unpaired) electrons. The molecule has 0 aromatic heterocycles. The maximum Gasteiger partial charge on any atom is 0.266 e. The zero-order valence-electron chi connectivity index (χ0n) is 16.0. The van der Waals surface area contributed by atoms with Crippen molar-refractivity contribution in [1.82, 2.24) is 4.90 Å². The Morgan fingerprint density at radius 3 is 2.32 bits per heavy atom. The first kappa shape index (κ1) is 21.1. The van der Waals surface area contributed by atoms with Crippen molar-refractivity contribution in [2.24, 2.45) is 4.99 Å². The molecule has 7 heteroatoms. The van der Waals surface area contributed by atoms with Crippen LogP contribution in [0.1, 0.15) is 23.6 Å². The molecule has 1 aliphatic heterocycles. The van der Waals surface area contributed by atoms with Gasteiger partial charge in [0.15, 0.2) is 5.17 Å². The normalized spacial score (nSPS) is 17.1. The third-order valence-electron chi connectivity index (χ3n) is 4.37. The van der Waals surface area contributed by atoms with Crippen molar-refractivity contribution in [2.45, 2.75) is 20.8 Å². The fourth-order valence-corrected chi connectivity index (χ4v) is 5.55. The highest BCUT2D eigenvalue weighted by Gasteiger charge is 2.32. The van der Waals surface area contributed by atoms with E-state index in [9.17, 15) is 4.79 Å². The zero-order valence-corrected chi connectivity index (χ0v) is 20.0. The highest BCUT2D eigenvalue weighted by atomic mass is 79.9. The van der Waals surface area contributed by atoms with Crippen LogP contribution in [0.5, 0.6) is 5.75 Å². The van der Waals surface area contributed by atoms with Crippen LogP contribution in [-0.2, 0) is 4.79 Å². The van der Waals surface area contributed by atoms with Crippen LogP contribution in [0.4, 0.5) is 5.69 Å². The summed E-state index contributed by atoms with van der Waals surface area (Å²) in [7, 11) is 1.62. The number of rotatable bonds is 4.